The number of amides is 1. The summed E-state index contributed by atoms with van der Waals surface area (Å²) < 4.78 is 12.7. The van der Waals surface area contributed by atoms with Crippen LogP contribution in [-0.2, 0) is 11.4 Å². The molecule has 8 heteroatoms. The number of nitriles is 1. The number of carbonyl (C=O) groups excluding carboxylic acids is 1. The van der Waals surface area contributed by atoms with Gasteiger partial charge in [0.25, 0.3) is 5.91 Å². The number of carbonyl (C=O) groups is 1. The molecule has 0 bridgehead atoms. The van der Waals surface area contributed by atoms with Gasteiger partial charge >= 0.3 is 0 Å². The highest BCUT2D eigenvalue weighted by atomic mass is 79.9. The molecule has 0 aliphatic carbocycles. The zero-order valence-electron chi connectivity index (χ0n) is 17.6. The van der Waals surface area contributed by atoms with E-state index in [1.54, 1.807) is 42.5 Å². The van der Waals surface area contributed by atoms with Crippen LogP contribution in [0.4, 0.5) is 5.69 Å². The average molecular weight is 591 g/mol. The highest BCUT2D eigenvalue weighted by molar-refractivity contribution is 9.11. The van der Waals surface area contributed by atoms with Crippen LogP contribution >= 0.6 is 43.5 Å². The second-order valence-corrected chi connectivity index (χ2v) is 8.96. The van der Waals surface area contributed by atoms with E-state index in [0.29, 0.717) is 49.9 Å². The van der Waals surface area contributed by atoms with Crippen LogP contribution < -0.4 is 14.8 Å². The Morgan fingerprint density at radius 3 is 2.39 bits per heavy atom. The van der Waals surface area contributed by atoms with Gasteiger partial charge in [-0.05, 0) is 105 Å². The molecule has 0 aromatic heterocycles. The van der Waals surface area contributed by atoms with E-state index in [1.807, 2.05) is 31.2 Å². The van der Waals surface area contributed by atoms with Gasteiger partial charge in [-0.1, -0.05) is 23.7 Å². The van der Waals surface area contributed by atoms with Crippen LogP contribution in [0.3, 0.4) is 0 Å². The first-order valence-corrected chi connectivity index (χ1v) is 11.9. The lowest BCUT2D eigenvalue weighted by molar-refractivity contribution is -0.112. The second kappa shape index (κ2) is 11.9. The molecule has 5 nitrogen and oxygen atoms in total. The van der Waals surface area contributed by atoms with E-state index in [9.17, 15) is 10.1 Å². The Morgan fingerprint density at radius 1 is 1.09 bits per heavy atom. The third-order valence-electron chi connectivity index (χ3n) is 4.39. The van der Waals surface area contributed by atoms with Crippen molar-refractivity contribution in [2.75, 3.05) is 11.9 Å². The summed E-state index contributed by atoms with van der Waals surface area (Å²) in [5.41, 5.74) is 2.12. The lowest BCUT2D eigenvalue weighted by Gasteiger charge is -2.12. The van der Waals surface area contributed by atoms with Gasteiger partial charge in [-0.15, -0.1) is 0 Å². The average Bonchev–Trinajstić information content (AvgIpc) is 2.78. The molecule has 3 aromatic carbocycles. The Bertz CT molecular complexity index is 1200. The predicted octanol–water partition coefficient (Wildman–Crippen LogP) is 7.39. The minimum absolute atomic E-state index is 0.0321. The maximum Gasteiger partial charge on any atom is 0.266 e. The van der Waals surface area contributed by atoms with Crippen molar-refractivity contribution >= 4 is 61.1 Å². The van der Waals surface area contributed by atoms with Crippen molar-refractivity contribution in [3.8, 4) is 17.6 Å². The number of hydrogen-bond donors (Lipinski definition) is 1. The summed E-state index contributed by atoms with van der Waals surface area (Å²) in [6.45, 7) is 2.79. The first kappa shape index (κ1) is 24.8. The quantitative estimate of drug-likeness (QED) is 0.219. The molecule has 0 aliphatic heterocycles. The normalized spacial score (nSPS) is 10.9. The summed E-state index contributed by atoms with van der Waals surface area (Å²) >= 11 is 13.0. The third kappa shape index (κ3) is 7.10. The van der Waals surface area contributed by atoms with Crippen molar-refractivity contribution in [1.82, 2.24) is 0 Å². The molecule has 1 amide bonds. The molecule has 0 unspecified atom stereocenters. The zero-order valence-corrected chi connectivity index (χ0v) is 21.5. The summed E-state index contributed by atoms with van der Waals surface area (Å²) in [5, 5.41) is 12.9. The van der Waals surface area contributed by atoms with Gasteiger partial charge in [0.1, 0.15) is 29.7 Å². The van der Waals surface area contributed by atoms with E-state index in [4.69, 9.17) is 21.1 Å². The van der Waals surface area contributed by atoms with Crippen LogP contribution in [0, 0.1) is 11.3 Å². The molecule has 168 valence electrons. The van der Waals surface area contributed by atoms with E-state index < -0.39 is 5.91 Å². The van der Waals surface area contributed by atoms with Gasteiger partial charge in [-0.2, -0.15) is 5.26 Å². The van der Waals surface area contributed by atoms with Gasteiger partial charge in [-0.25, -0.2) is 0 Å². The fourth-order valence-corrected chi connectivity index (χ4v) is 4.56. The molecular formula is C25H19Br2ClN2O3. The summed E-state index contributed by atoms with van der Waals surface area (Å²) in [6.07, 6.45) is 1.51. The van der Waals surface area contributed by atoms with Crippen LogP contribution in [0.25, 0.3) is 6.08 Å². The van der Waals surface area contributed by atoms with E-state index in [1.165, 1.54) is 6.08 Å². The Hall–Kier alpha value is -2.79. The van der Waals surface area contributed by atoms with Gasteiger partial charge in [-0.3, -0.25) is 4.79 Å². The number of rotatable bonds is 8. The minimum Gasteiger partial charge on any atom is -0.494 e. The van der Waals surface area contributed by atoms with Crippen LogP contribution in [0.2, 0.25) is 5.02 Å². The number of anilines is 1. The minimum atomic E-state index is -0.504. The summed E-state index contributed by atoms with van der Waals surface area (Å²) in [5.74, 6) is 0.804. The van der Waals surface area contributed by atoms with Gasteiger partial charge < -0.3 is 14.8 Å². The highest BCUT2D eigenvalue weighted by Gasteiger charge is 2.13. The summed E-state index contributed by atoms with van der Waals surface area (Å²) in [4.78, 5) is 12.6. The number of nitrogens with one attached hydrogen (secondary N) is 1. The third-order valence-corrected chi connectivity index (χ3v) is 5.81. The molecule has 0 saturated carbocycles. The molecule has 0 atom stereocenters. The Kier molecular flexibility index (Phi) is 8.95. The van der Waals surface area contributed by atoms with E-state index in [-0.39, 0.29) is 5.57 Å². The highest BCUT2D eigenvalue weighted by Crippen LogP contribution is 2.36. The van der Waals surface area contributed by atoms with Crippen molar-refractivity contribution in [3.63, 3.8) is 0 Å². The zero-order chi connectivity index (χ0) is 23.8. The molecule has 1 N–H and O–H groups in total. The van der Waals surface area contributed by atoms with Gasteiger partial charge in [0.05, 0.1) is 15.6 Å². The van der Waals surface area contributed by atoms with Crippen LogP contribution in [0.1, 0.15) is 18.1 Å². The van der Waals surface area contributed by atoms with Crippen molar-refractivity contribution in [2.24, 2.45) is 0 Å². The maximum absolute atomic E-state index is 12.6. The lowest BCUT2D eigenvalue weighted by atomic mass is 10.1. The second-order valence-electron chi connectivity index (χ2n) is 6.81. The molecular weight excluding hydrogens is 572 g/mol. The van der Waals surface area contributed by atoms with E-state index in [0.717, 1.165) is 5.56 Å². The number of hydrogen-bond acceptors (Lipinski definition) is 4. The Balaban J connectivity index is 1.73. The first-order chi connectivity index (χ1) is 15.9. The molecule has 33 heavy (non-hydrogen) atoms. The Labute approximate surface area is 214 Å². The van der Waals surface area contributed by atoms with Crippen molar-refractivity contribution in [2.45, 2.75) is 13.5 Å². The van der Waals surface area contributed by atoms with Crippen molar-refractivity contribution < 1.29 is 14.3 Å². The lowest BCUT2D eigenvalue weighted by Crippen LogP contribution is -2.13. The standard InChI is InChI=1S/C25H19Br2ClN2O3/c1-2-32-21-8-6-20(7-9-21)30-25(31)18(14-29)10-17-12-22(26)24(23(27)13-17)33-15-16-4-3-5-19(28)11-16/h3-13H,2,15H2,1H3,(H,30,31)/b18-10+. The van der Waals surface area contributed by atoms with Crippen LogP contribution in [0.15, 0.2) is 75.2 Å². The van der Waals surface area contributed by atoms with Gasteiger partial charge in [0.15, 0.2) is 0 Å². The summed E-state index contributed by atoms with van der Waals surface area (Å²) in [7, 11) is 0. The molecule has 0 aliphatic rings. The van der Waals surface area contributed by atoms with Gasteiger partial charge in [0.2, 0.25) is 0 Å². The number of nitrogens with zero attached hydrogens (tertiary/aromatic N) is 1. The van der Waals surface area contributed by atoms with Crippen LogP contribution in [-0.4, -0.2) is 12.5 Å². The monoisotopic (exact) mass is 588 g/mol. The van der Waals surface area contributed by atoms with Gasteiger partial charge in [0, 0.05) is 10.7 Å². The largest absolute Gasteiger partial charge is 0.494 e. The topological polar surface area (TPSA) is 71.3 Å². The maximum atomic E-state index is 12.6. The Morgan fingerprint density at radius 2 is 1.79 bits per heavy atom. The fraction of sp³-hybridized carbons (Fsp3) is 0.120. The first-order valence-electron chi connectivity index (χ1n) is 9.92. The van der Waals surface area contributed by atoms with Crippen molar-refractivity contribution in [3.05, 3.63) is 91.3 Å². The smallest absolute Gasteiger partial charge is 0.266 e. The summed E-state index contributed by atoms with van der Waals surface area (Å²) in [6, 6.07) is 19.9. The number of benzene rings is 3. The molecule has 0 saturated heterocycles. The molecule has 0 heterocycles. The molecule has 0 spiro atoms. The predicted molar refractivity (Wildman–Crippen MR) is 137 cm³/mol. The number of ether oxygens (including phenoxy) is 2. The molecule has 3 aromatic rings. The van der Waals surface area contributed by atoms with Crippen LogP contribution in [0.5, 0.6) is 11.5 Å². The fourth-order valence-electron chi connectivity index (χ4n) is 2.90. The number of halogens is 3. The van der Waals surface area contributed by atoms with E-state index in [2.05, 4.69) is 37.2 Å². The molecule has 0 radical (unpaired) electrons. The molecule has 3 rings (SSSR count). The SMILES string of the molecule is CCOc1ccc(NC(=O)/C(C#N)=C/c2cc(Br)c(OCc3cccc(Cl)c3)c(Br)c2)cc1. The molecule has 0 fully saturated rings. The van der Waals surface area contributed by atoms with Crippen molar-refractivity contribution in [1.29, 1.82) is 5.26 Å². The van der Waals surface area contributed by atoms with E-state index >= 15 is 0 Å².